The number of aliphatic carboxylic acids is 1. The van der Waals surface area contributed by atoms with Gasteiger partial charge in [0.25, 0.3) is 0 Å². The van der Waals surface area contributed by atoms with Gasteiger partial charge in [-0.2, -0.15) is 0 Å². The van der Waals surface area contributed by atoms with E-state index in [1.807, 2.05) is 6.92 Å². The van der Waals surface area contributed by atoms with Crippen molar-refractivity contribution in [2.75, 3.05) is 13.1 Å². The summed E-state index contributed by atoms with van der Waals surface area (Å²) in [6, 6.07) is -0.760. The highest BCUT2D eigenvalue weighted by Crippen LogP contribution is 2.28. The maximum Gasteiger partial charge on any atom is 0.315 e. The first-order valence-electron chi connectivity index (χ1n) is 7.06. The lowest BCUT2D eigenvalue weighted by atomic mass is 10.1. The summed E-state index contributed by atoms with van der Waals surface area (Å²) in [5.74, 6) is -0.726. The van der Waals surface area contributed by atoms with Crippen molar-refractivity contribution >= 4 is 17.9 Å². The molecule has 1 unspecified atom stereocenters. The zero-order chi connectivity index (χ0) is 15.0. The largest absolute Gasteiger partial charge is 0.481 e. The Morgan fingerprint density at radius 2 is 1.85 bits per heavy atom. The second kappa shape index (κ2) is 8.39. The van der Waals surface area contributed by atoms with Crippen LogP contribution in [-0.4, -0.2) is 42.1 Å². The third kappa shape index (κ3) is 6.96. The number of hydrogen-bond donors (Lipinski definition) is 4. The van der Waals surface area contributed by atoms with Gasteiger partial charge in [0.05, 0.1) is 6.42 Å². The number of nitrogens with one attached hydrogen (secondary N) is 3. The van der Waals surface area contributed by atoms with Crippen molar-refractivity contribution in [1.82, 2.24) is 16.0 Å². The molecule has 3 amide bonds. The summed E-state index contributed by atoms with van der Waals surface area (Å²) in [5, 5.41) is 16.7. The van der Waals surface area contributed by atoms with Crippen molar-refractivity contribution in [3.05, 3.63) is 0 Å². The van der Waals surface area contributed by atoms with Crippen molar-refractivity contribution in [2.24, 2.45) is 5.92 Å². The van der Waals surface area contributed by atoms with Crippen LogP contribution in [0.1, 0.15) is 39.0 Å². The normalized spacial score (nSPS) is 15.2. The van der Waals surface area contributed by atoms with Gasteiger partial charge in [0.15, 0.2) is 0 Å². The second-order valence-electron chi connectivity index (χ2n) is 5.05. The van der Waals surface area contributed by atoms with Crippen LogP contribution < -0.4 is 16.0 Å². The van der Waals surface area contributed by atoms with E-state index in [1.165, 1.54) is 0 Å². The van der Waals surface area contributed by atoms with E-state index in [4.69, 9.17) is 5.11 Å². The minimum absolute atomic E-state index is 0.0435. The van der Waals surface area contributed by atoms with Crippen molar-refractivity contribution in [1.29, 1.82) is 0 Å². The Morgan fingerprint density at radius 3 is 2.40 bits per heavy atom. The molecule has 1 aliphatic rings. The Kier molecular flexibility index (Phi) is 6.83. The Bertz CT molecular complexity index is 356. The first kappa shape index (κ1) is 16.3. The van der Waals surface area contributed by atoms with Crippen LogP contribution in [0.5, 0.6) is 0 Å². The van der Waals surface area contributed by atoms with Crippen LogP contribution in [0.25, 0.3) is 0 Å². The number of carbonyl (C=O) groups excluding carboxylic acids is 2. The Labute approximate surface area is 118 Å². The SMILES string of the molecule is CCCC(CC(=O)O)NC(=O)NCCNC(=O)C1CC1. The molecule has 1 saturated carbocycles. The van der Waals surface area contributed by atoms with Crippen LogP contribution in [0.3, 0.4) is 0 Å². The van der Waals surface area contributed by atoms with E-state index in [0.717, 1.165) is 19.3 Å². The van der Waals surface area contributed by atoms with Crippen LogP contribution in [0.4, 0.5) is 4.79 Å². The minimum atomic E-state index is -0.930. The molecular formula is C13H23N3O4. The van der Waals surface area contributed by atoms with Gasteiger partial charge in [-0.05, 0) is 19.3 Å². The molecule has 0 aromatic carbocycles. The third-order valence-corrected chi connectivity index (χ3v) is 3.05. The zero-order valence-corrected chi connectivity index (χ0v) is 11.8. The highest BCUT2D eigenvalue weighted by Gasteiger charge is 2.29. The molecule has 7 nitrogen and oxygen atoms in total. The Balaban J connectivity index is 2.13. The minimum Gasteiger partial charge on any atom is -0.481 e. The summed E-state index contributed by atoms with van der Waals surface area (Å²) in [6.45, 7) is 2.65. The maximum atomic E-state index is 11.6. The van der Waals surface area contributed by atoms with Gasteiger partial charge in [0.2, 0.25) is 5.91 Å². The molecule has 1 atom stereocenters. The van der Waals surface area contributed by atoms with Crippen molar-refractivity contribution in [3.63, 3.8) is 0 Å². The summed E-state index contributed by atoms with van der Waals surface area (Å²) < 4.78 is 0. The molecule has 0 bridgehead atoms. The van der Waals surface area contributed by atoms with Gasteiger partial charge in [-0.3, -0.25) is 9.59 Å². The average Bonchev–Trinajstić information content (AvgIpc) is 3.18. The van der Waals surface area contributed by atoms with E-state index in [0.29, 0.717) is 19.5 Å². The van der Waals surface area contributed by atoms with Crippen LogP contribution in [0, 0.1) is 5.92 Å². The Hall–Kier alpha value is -1.79. The van der Waals surface area contributed by atoms with Gasteiger partial charge in [0, 0.05) is 25.0 Å². The summed E-state index contributed by atoms with van der Waals surface area (Å²) in [6.07, 6.45) is 3.24. The third-order valence-electron chi connectivity index (χ3n) is 3.05. The van der Waals surface area contributed by atoms with Gasteiger partial charge in [0.1, 0.15) is 0 Å². The molecule has 0 radical (unpaired) electrons. The lowest BCUT2D eigenvalue weighted by molar-refractivity contribution is -0.137. The first-order valence-corrected chi connectivity index (χ1v) is 7.06. The fraction of sp³-hybridized carbons (Fsp3) is 0.769. The molecule has 114 valence electrons. The summed E-state index contributed by atoms with van der Waals surface area (Å²) in [5.41, 5.74) is 0. The van der Waals surface area contributed by atoms with Crippen molar-refractivity contribution in [3.8, 4) is 0 Å². The van der Waals surface area contributed by atoms with E-state index in [2.05, 4.69) is 16.0 Å². The van der Waals surface area contributed by atoms with Gasteiger partial charge in [-0.1, -0.05) is 13.3 Å². The van der Waals surface area contributed by atoms with Gasteiger partial charge in [-0.25, -0.2) is 4.79 Å². The summed E-state index contributed by atoms with van der Waals surface area (Å²) in [7, 11) is 0. The van der Waals surface area contributed by atoms with Crippen LogP contribution in [0.15, 0.2) is 0 Å². The van der Waals surface area contributed by atoms with Crippen molar-refractivity contribution < 1.29 is 19.5 Å². The molecule has 0 heterocycles. The highest BCUT2D eigenvalue weighted by molar-refractivity contribution is 5.81. The van der Waals surface area contributed by atoms with E-state index in [1.54, 1.807) is 0 Å². The van der Waals surface area contributed by atoms with Gasteiger partial charge < -0.3 is 21.1 Å². The van der Waals surface area contributed by atoms with E-state index < -0.39 is 12.0 Å². The quantitative estimate of drug-likeness (QED) is 0.461. The average molecular weight is 285 g/mol. The zero-order valence-electron chi connectivity index (χ0n) is 11.8. The van der Waals surface area contributed by atoms with Crippen LogP contribution in [-0.2, 0) is 9.59 Å². The predicted octanol–water partition coefficient (Wildman–Crippen LogP) is 0.455. The fourth-order valence-corrected chi connectivity index (χ4v) is 1.87. The smallest absolute Gasteiger partial charge is 0.315 e. The predicted molar refractivity (Wildman–Crippen MR) is 73.2 cm³/mol. The van der Waals surface area contributed by atoms with Gasteiger partial charge in [-0.15, -0.1) is 0 Å². The number of carboxylic acid groups (broad SMARTS) is 1. The van der Waals surface area contributed by atoms with Crippen LogP contribution in [0.2, 0.25) is 0 Å². The molecule has 0 saturated heterocycles. The number of amides is 3. The molecule has 1 fully saturated rings. The maximum absolute atomic E-state index is 11.6. The molecule has 1 rings (SSSR count). The molecule has 7 heteroatoms. The lowest BCUT2D eigenvalue weighted by Crippen LogP contribution is -2.45. The molecular weight excluding hydrogens is 262 g/mol. The number of carbonyl (C=O) groups is 3. The molecule has 0 spiro atoms. The fourth-order valence-electron chi connectivity index (χ4n) is 1.87. The summed E-state index contributed by atoms with van der Waals surface area (Å²) in [4.78, 5) is 33.6. The number of hydrogen-bond acceptors (Lipinski definition) is 3. The summed E-state index contributed by atoms with van der Waals surface area (Å²) >= 11 is 0. The topological polar surface area (TPSA) is 108 Å². The molecule has 4 N–H and O–H groups in total. The Morgan fingerprint density at radius 1 is 1.20 bits per heavy atom. The van der Waals surface area contributed by atoms with Crippen molar-refractivity contribution in [2.45, 2.75) is 45.1 Å². The van der Waals surface area contributed by atoms with Gasteiger partial charge >= 0.3 is 12.0 Å². The number of rotatable bonds is 9. The molecule has 0 aromatic rings. The first-order chi connectivity index (χ1) is 9.52. The molecule has 20 heavy (non-hydrogen) atoms. The van der Waals surface area contributed by atoms with E-state index in [9.17, 15) is 14.4 Å². The molecule has 0 aromatic heterocycles. The second-order valence-corrected chi connectivity index (χ2v) is 5.05. The van der Waals surface area contributed by atoms with E-state index >= 15 is 0 Å². The molecule has 0 aliphatic heterocycles. The lowest BCUT2D eigenvalue weighted by Gasteiger charge is -2.16. The standard InChI is InChI=1S/C13H23N3O4/c1-2-3-10(8-11(17)18)16-13(20)15-7-6-14-12(19)9-4-5-9/h9-10H,2-8H2,1H3,(H,14,19)(H,17,18)(H2,15,16,20). The number of urea groups is 1. The monoisotopic (exact) mass is 285 g/mol. The van der Waals surface area contributed by atoms with Crippen LogP contribution >= 0.6 is 0 Å². The number of carboxylic acids is 1. The molecule has 1 aliphatic carbocycles. The highest BCUT2D eigenvalue weighted by atomic mass is 16.4. The van der Waals surface area contributed by atoms with E-state index in [-0.39, 0.29) is 24.3 Å².